The fourth-order valence-electron chi connectivity index (χ4n) is 3.45. The fourth-order valence-corrected chi connectivity index (χ4v) is 5.15. The van der Waals surface area contributed by atoms with Gasteiger partial charge in [-0.25, -0.2) is 8.42 Å². The molecule has 1 saturated heterocycles. The molecule has 0 aliphatic carbocycles. The maximum Gasteiger partial charge on any atom is 0.251 e. The number of carbonyl (C=O) groups is 1. The molecule has 1 fully saturated rings. The molecule has 0 bridgehead atoms. The maximum absolute atomic E-state index is 12.9. The molecule has 1 aliphatic rings. The van der Waals surface area contributed by atoms with Gasteiger partial charge in [-0.3, -0.25) is 4.79 Å². The quantitative estimate of drug-likeness (QED) is 0.851. The molecule has 2 atom stereocenters. The van der Waals surface area contributed by atoms with Crippen molar-refractivity contribution in [2.45, 2.75) is 50.1 Å². The van der Waals surface area contributed by atoms with Crippen molar-refractivity contribution in [3.63, 3.8) is 0 Å². The second kappa shape index (κ2) is 8.23. The number of piperidine rings is 1. The van der Waals surface area contributed by atoms with Crippen molar-refractivity contribution in [1.82, 2.24) is 9.62 Å². The van der Waals surface area contributed by atoms with Crippen LogP contribution in [0.1, 0.15) is 55.1 Å². The van der Waals surface area contributed by atoms with E-state index in [-0.39, 0.29) is 22.9 Å². The molecule has 3 rings (SSSR count). The Hall–Kier alpha value is -2.18. The van der Waals surface area contributed by atoms with Gasteiger partial charge in [-0.1, -0.05) is 36.8 Å². The largest absolute Gasteiger partial charge is 0.346 e. The number of nitrogens with zero attached hydrogens (tertiary/aromatic N) is 1. The lowest BCUT2D eigenvalue weighted by atomic mass is 10.1. The first-order chi connectivity index (χ1) is 12.9. The van der Waals surface area contributed by atoms with Gasteiger partial charge in [-0.15, -0.1) is 0 Å². The van der Waals surface area contributed by atoms with E-state index in [4.69, 9.17) is 0 Å². The number of hydrogen-bond acceptors (Lipinski definition) is 3. The first kappa shape index (κ1) is 19.6. The first-order valence-corrected chi connectivity index (χ1v) is 10.8. The van der Waals surface area contributed by atoms with E-state index < -0.39 is 10.0 Å². The second-order valence-corrected chi connectivity index (χ2v) is 8.98. The summed E-state index contributed by atoms with van der Waals surface area (Å²) in [5, 5.41) is 2.94. The van der Waals surface area contributed by atoms with Crippen molar-refractivity contribution < 1.29 is 13.2 Å². The molecule has 2 aromatic carbocycles. The minimum absolute atomic E-state index is 0.0125. The van der Waals surface area contributed by atoms with Crippen LogP contribution in [0.3, 0.4) is 0 Å². The van der Waals surface area contributed by atoms with Gasteiger partial charge in [0.15, 0.2) is 0 Å². The molecule has 5 nitrogen and oxygen atoms in total. The third-order valence-corrected chi connectivity index (χ3v) is 7.14. The van der Waals surface area contributed by atoms with Gasteiger partial charge in [-0.2, -0.15) is 4.31 Å². The van der Waals surface area contributed by atoms with Crippen LogP contribution in [-0.4, -0.2) is 31.2 Å². The Balaban J connectivity index is 1.72. The van der Waals surface area contributed by atoms with E-state index >= 15 is 0 Å². The van der Waals surface area contributed by atoms with Crippen LogP contribution >= 0.6 is 0 Å². The monoisotopic (exact) mass is 386 g/mol. The standard InChI is InChI=1S/C21H26N2O3S/c1-16-8-6-7-15-23(16)27(25,26)20-13-11-19(12-14-20)21(24)22-17(2)18-9-4-3-5-10-18/h3-5,9-14,16-17H,6-8,15H2,1-2H3,(H,22,24)/t16-,17-/m0/s1. The SMILES string of the molecule is C[C@H](NC(=O)c1ccc(S(=O)(=O)N2CCCC[C@@H]2C)cc1)c1ccccc1. The number of nitrogens with one attached hydrogen (secondary N) is 1. The molecule has 1 amide bonds. The van der Waals surface area contributed by atoms with Crippen LogP contribution in [0, 0.1) is 0 Å². The summed E-state index contributed by atoms with van der Waals surface area (Å²) in [6.45, 7) is 4.42. The summed E-state index contributed by atoms with van der Waals surface area (Å²) in [5.41, 5.74) is 1.47. The van der Waals surface area contributed by atoms with Crippen molar-refractivity contribution in [3.8, 4) is 0 Å². The van der Waals surface area contributed by atoms with E-state index in [0.717, 1.165) is 24.8 Å². The normalized spacial score (nSPS) is 19.4. The molecule has 0 spiro atoms. The number of benzene rings is 2. The zero-order valence-corrected chi connectivity index (χ0v) is 16.6. The molecule has 1 heterocycles. The summed E-state index contributed by atoms with van der Waals surface area (Å²) < 4.78 is 27.3. The average molecular weight is 387 g/mol. The van der Waals surface area contributed by atoms with Gasteiger partial charge in [0.1, 0.15) is 0 Å². The highest BCUT2D eigenvalue weighted by Crippen LogP contribution is 2.25. The van der Waals surface area contributed by atoms with Gasteiger partial charge in [0, 0.05) is 18.2 Å². The predicted octanol–water partition coefficient (Wildman–Crippen LogP) is 3.74. The van der Waals surface area contributed by atoms with Crippen LogP contribution in [-0.2, 0) is 10.0 Å². The number of rotatable bonds is 5. The molecular weight excluding hydrogens is 360 g/mol. The van der Waals surface area contributed by atoms with Crippen LogP contribution in [0.5, 0.6) is 0 Å². The molecule has 6 heteroatoms. The van der Waals surface area contributed by atoms with Crippen LogP contribution in [0.4, 0.5) is 0 Å². The van der Waals surface area contributed by atoms with Crippen molar-refractivity contribution >= 4 is 15.9 Å². The molecule has 2 aromatic rings. The molecule has 0 radical (unpaired) electrons. The van der Waals surface area contributed by atoms with Crippen LogP contribution in [0.25, 0.3) is 0 Å². The van der Waals surface area contributed by atoms with Crippen LogP contribution in [0.15, 0.2) is 59.5 Å². The average Bonchev–Trinajstić information content (AvgIpc) is 2.69. The number of hydrogen-bond donors (Lipinski definition) is 1. The first-order valence-electron chi connectivity index (χ1n) is 9.37. The smallest absolute Gasteiger partial charge is 0.251 e. The molecular formula is C21H26N2O3S. The Morgan fingerprint density at radius 2 is 1.74 bits per heavy atom. The Morgan fingerprint density at radius 3 is 2.37 bits per heavy atom. The summed E-state index contributed by atoms with van der Waals surface area (Å²) in [4.78, 5) is 12.7. The molecule has 144 valence electrons. The predicted molar refractivity (Wildman–Crippen MR) is 106 cm³/mol. The number of carbonyl (C=O) groups excluding carboxylic acids is 1. The van der Waals surface area contributed by atoms with Crippen LogP contribution < -0.4 is 5.32 Å². The lowest BCUT2D eigenvalue weighted by Gasteiger charge is -2.32. The molecule has 0 unspecified atom stereocenters. The highest BCUT2D eigenvalue weighted by atomic mass is 32.2. The van der Waals surface area contributed by atoms with Crippen molar-refractivity contribution in [3.05, 3.63) is 65.7 Å². The van der Waals surface area contributed by atoms with Crippen molar-refractivity contribution in [1.29, 1.82) is 0 Å². The minimum atomic E-state index is -3.52. The van der Waals surface area contributed by atoms with E-state index in [0.29, 0.717) is 12.1 Å². The zero-order valence-electron chi connectivity index (χ0n) is 15.8. The summed E-state index contributed by atoms with van der Waals surface area (Å²) in [6, 6.07) is 15.8. The highest BCUT2D eigenvalue weighted by Gasteiger charge is 2.30. The fraction of sp³-hybridized carbons (Fsp3) is 0.381. The number of amides is 1. The summed E-state index contributed by atoms with van der Waals surface area (Å²) in [7, 11) is -3.52. The van der Waals surface area contributed by atoms with Gasteiger partial charge in [0.2, 0.25) is 10.0 Å². The molecule has 0 saturated carbocycles. The molecule has 0 aromatic heterocycles. The zero-order chi connectivity index (χ0) is 19.4. The van der Waals surface area contributed by atoms with E-state index in [2.05, 4.69) is 5.32 Å². The van der Waals surface area contributed by atoms with Gasteiger partial charge >= 0.3 is 0 Å². The number of sulfonamides is 1. The summed E-state index contributed by atoms with van der Waals surface area (Å²) >= 11 is 0. The Kier molecular flexibility index (Phi) is 5.97. The molecule has 1 N–H and O–H groups in total. The summed E-state index contributed by atoms with van der Waals surface area (Å²) in [6.07, 6.45) is 2.84. The Labute approximate surface area is 161 Å². The van der Waals surface area contributed by atoms with E-state index in [9.17, 15) is 13.2 Å². The third-order valence-electron chi connectivity index (χ3n) is 5.11. The van der Waals surface area contributed by atoms with E-state index in [1.807, 2.05) is 44.2 Å². The van der Waals surface area contributed by atoms with Gasteiger partial charge in [0.25, 0.3) is 5.91 Å². The molecule has 1 aliphatic heterocycles. The Bertz CT molecular complexity index is 879. The highest BCUT2D eigenvalue weighted by molar-refractivity contribution is 7.89. The van der Waals surface area contributed by atoms with Crippen molar-refractivity contribution in [2.75, 3.05) is 6.54 Å². The van der Waals surface area contributed by atoms with Gasteiger partial charge in [-0.05, 0) is 56.5 Å². The second-order valence-electron chi connectivity index (χ2n) is 7.09. The van der Waals surface area contributed by atoms with Gasteiger partial charge in [0.05, 0.1) is 10.9 Å². The van der Waals surface area contributed by atoms with E-state index in [1.165, 1.54) is 12.1 Å². The van der Waals surface area contributed by atoms with Crippen molar-refractivity contribution in [2.24, 2.45) is 0 Å². The topological polar surface area (TPSA) is 66.5 Å². The van der Waals surface area contributed by atoms with Gasteiger partial charge < -0.3 is 5.32 Å². The molecule has 27 heavy (non-hydrogen) atoms. The Morgan fingerprint density at radius 1 is 1.07 bits per heavy atom. The third kappa shape index (κ3) is 4.39. The van der Waals surface area contributed by atoms with Crippen LogP contribution in [0.2, 0.25) is 0 Å². The summed E-state index contributed by atoms with van der Waals surface area (Å²) in [5.74, 6) is -0.221. The lowest BCUT2D eigenvalue weighted by molar-refractivity contribution is 0.0939. The lowest BCUT2D eigenvalue weighted by Crippen LogP contribution is -2.41. The minimum Gasteiger partial charge on any atom is -0.346 e. The van der Waals surface area contributed by atoms with E-state index in [1.54, 1.807) is 16.4 Å². The maximum atomic E-state index is 12.9.